The van der Waals surface area contributed by atoms with Crippen LogP contribution in [0.15, 0.2) is 36.5 Å². The highest BCUT2D eigenvalue weighted by molar-refractivity contribution is 6.31. The van der Waals surface area contributed by atoms with Crippen LogP contribution in [0, 0.1) is 0 Å². The Bertz CT molecular complexity index is 546. The lowest BCUT2D eigenvalue weighted by Crippen LogP contribution is -2.01. The molecule has 1 heterocycles. The molecule has 0 unspecified atom stereocenters. The van der Waals surface area contributed by atoms with Crippen LogP contribution in [0.3, 0.4) is 0 Å². The molecule has 94 valence electrons. The number of aromatic hydroxyl groups is 1. The van der Waals surface area contributed by atoms with Gasteiger partial charge in [-0.15, -0.1) is 0 Å². The van der Waals surface area contributed by atoms with E-state index in [-0.39, 0.29) is 5.75 Å². The summed E-state index contributed by atoms with van der Waals surface area (Å²) in [5, 5.41) is 13.4. The maximum atomic E-state index is 9.92. The number of phenols is 1. The van der Waals surface area contributed by atoms with Gasteiger partial charge >= 0.3 is 0 Å². The van der Waals surface area contributed by atoms with Gasteiger partial charge in [-0.1, -0.05) is 23.7 Å². The van der Waals surface area contributed by atoms with Crippen molar-refractivity contribution in [3.63, 3.8) is 0 Å². The molecule has 0 aliphatic heterocycles. The van der Waals surface area contributed by atoms with Crippen molar-refractivity contribution < 1.29 is 9.84 Å². The first kappa shape index (κ1) is 12.5. The summed E-state index contributed by atoms with van der Waals surface area (Å²) in [5.41, 5.74) is 1.45. The minimum Gasteiger partial charge on any atom is -0.504 e. The fourth-order valence-electron chi connectivity index (χ4n) is 1.58. The summed E-state index contributed by atoms with van der Waals surface area (Å²) >= 11 is 5.93. The second kappa shape index (κ2) is 5.60. The van der Waals surface area contributed by atoms with Crippen LogP contribution >= 0.6 is 11.6 Å². The van der Waals surface area contributed by atoms with E-state index in [1.165, 1.54) is 7.11 Å². The first-order chi connectivity index (χ1) is 8.72. The van der Waals surface area contributed by atoms with E-state index in [9.17, 15) is 5.11 Å². The fraction of sp³-hybridized carbons (Fsp3) is 0.154. The van der Waals surface area contributed by atoms with Gasteiger partial charge in [-0.25, -0.2) is 4.98 Å². The van der Waals surface area contributed by atoms with Gasteiger partial charge in [-0.05, 0) is 18.2 Å². The van der Waals surface area contributed by atoms with Crippen molar-refractivity contribution in [3.8, 4) is 11.5 Å². The molecule has 0 saturated carbocycles. The monoisotopic (exact) mass is 264 g/mol. The van der Waals surface area contributed by atoms with Crippen LogP contribution in [-0.2, 0) is 6.54 Å². The van der Waals surface area contributed by atoms with Crippen molar-refractivity contribution in [3.05, 3.63) is 47.2 Å². The normalized spacial score (nSPS) is 10.1. The van der Waals surface area contributed by atoms with Gasteiger partial charge in [0.15, 0.2) is 16.7 Å². The topological polar surface area (TPSA) is 54.4 Å². The maximum Gasteiger partial charge on any atom is 0.162 e. The van der Waals surface area contributed by atoms with Gasteiger partial charge in [-0.2, -0.15) is 0 Å². The average molecular weight is 265 g/mol. The summed E-state index contributed by atoms with van der Waals surface area (Å²) < 4.78 is 5.05. The van der Waals surface area contributed by atoms with Crippen molar-refractivity contribution in [1.82, 2.24) is 4.98 Å². The molecule has 2 rings (SSSR count). The van der Waals surface area contributed by atoms with Crippen molar-refractivity contribution in [1.29, 1.82) is 0 Å². The highest BCUT2D eigenvalue weighted by Crippen LogP contribution is 2.30. The Labute approximate surface area is 110 Å². The quantitative estimate of drug-likeness (QED) is 0.834. The summed E-state index contributed by atoms with van der Waals surface area (Å²) in [6.07, 6.45) is 1.62. The highest BCUT2D eigenvalue weighted by atomic mass is 35.5. The molecule has 1 aromatic carbocycles. The lowest BCUT2D eigenvalue weighted by Gasteiger charge is -2.11. The zero-order valence-electron chi connectivity index (χ0n) is 9.85. The molecule has 1 aromatic heterocycles. The lowest BCUT2D eigenvalue weighted by atomic mass is 10.2. The third-order valence-corrected chi connectivity index (χ3v) is 2.83. The predicted molar refractivity (Wildman–Crippen MR) is 71.2 cm³/mol. The Balaban J connectivity index is 2.14. The van der Waals surface area contributed by atoms with Crippen LogP contribution in [0.2, 0.25) is 5.15 Å². The van der Waals surface area contributed by atoms with E-state index in [1.807, 2.05) is 18.2 Å². The smallest absolute Gasteiger partial charge is 0.162 e. The molecule has 2 N–H and O–H groups in total. The number of hydrogen-bond acceptors (Lipinski definition) is 4. The molecule has 0 spiro atoms. The molecule has 0 bridgehead atoms. The molecule has 0 amide bonds. The van der Waals surface area contributed by atoms with E-state index in [0.29, 0.717) is 17.4 Å². The SMILES string of the molecule is COc1cccc(CNc2cccnc2Cl)c1O. The van der Waals surface area contributed by atoms with Gasteiger partial charge < -0.3 is 15.2 Å². The lowest BCUT2D eigenvalue weighted by molar-refractivity contribution is 0.371. The van der Waals surface area contributed by atoms with E-state index < -0.39 is 0 Å². The summed E-state index contributed by atoms with van der Waals surface area (Å²) in [4.78, 5) is 3.96. The second-order valence-electron chi connectivity index (χ2n) is 3.66. The number of hydrogen-bond donors (Lipinski definition) is 2. The van der Waals surface area contributed by atoms with Gasteiger partial charge in [-0.3, -0.25) is 0 Å². The molecule has 0 fully saturated rings. The Kier molecular flexibility index (Phi) is 3.89. The molecule has 2 aromatic rings. The van der Waals surface area contributed by atoms with Crippen LogP contribution < -0.4 is 10.1 Å². The Hall–Kier alpha value is -1.94. The zero-order chi connectivity index (χ0) is 13.0. The third kappa shape index (κ3) is 2.65. The number of methoxy groups -OCH3 is 1. The molecule has 0 radical (unpaired) electrons. The van der Waals surface area contributed by atoms with Crippen molar-refractivity contribution >= 4 is 17.3 Å². The van der Waals surface area contributed by atoms with Crippen molar-refractivity contribution in [2.24, 2.45) is 0 Å². The predicted octanol–water partition coefficient (Wildman–Crippen LogP) is 3.06. The Morgan fingerprint density at radius 2 is 2.17 bits per heavy atom. The van der Waals surface area contributed by atoms with Crippen molar-refractivity contribution in [2.75, 3.05) is 12.4 Å². The minimum atomic E-state index is 0.132. The van der Waals surface area contributed by atoms with E-state index in [0.717, 1.165) is 11.3 Å². The third-order valence-electron chi connectivity index (χ3n) is 2.53. The summed E-state index contributed by atoms with van der Waals surface area (Å²) in [6.45, 7) is 0.439. The molecule has 0 aliphatic rings. The first-order valence-corrected chi connectivity index (χ1v) is 5.79. The molecule has 0 aliphatic carbocycles. The van der Waals surface area contributed by atoms with Gasteiger partial charge in [0.1, 0.15) is 0 Å². The Morgan fingerprint density at radius 3 is 2.89 bits per heavy atom. The van der Waals surface area contributed by atoms with Crippen LogP contribution in [0.25, 0.3) is 0 Å². The van der Waals surface area contributed by atoms with Crippen molar-refractivity contribution in [2.45, 2.75) is 6.54 Å². The molecule has 18 heavy (non-hydrogen) atoms. The fourth-order valence-corrected chi connectivity index (χ4v) is 1.77. The number of rotatable bonds is 4. The number of ether oxygens (including phenoxy) is 1. The van der Waals surface area contributed by atoms with E-state index in [4.69, 9.17) is 16.3 Å². The number of nitrogens with zero attached hydrogens (tertiary/aromatic N) is 1. The maximum absolute atomic E-state index is 9.92. The summed E-state index contributed by atoms with van der Waals surface area (Å²) in [7, 11) is 1.52. The van der Waals surface area contributed by atoms with E-state index in [1.54, 1.807) is 18.3 Å². The second-order valence-corrected chi connectivity index (χ2v) is 4.02. The number of anilines is 1. The molecular formula is C13H13ClN2O2. The number of halogens is 1. The molecule has 0 saturated heterocycles. The van der Waals surface area contributed by atoms with Crippen LogP contribution in [-0.4, -0.2) is 17.2 Å². The summed E-state index contributed by atoms with van der Waals surface area (Å²) in [6, 6.07) is 8.96. The van der Waals surface area contributed by atoms with E-state index in [2.05, 4.69) is 10.3 Å². The largest absolute Gasteiger partial charge is 0.504 e. The summed E-state index contributed by atoms with van der Waals surface area (Å²) in [5.74, 6) is 0.582. The van der Waals surface area contributed by atoms with Crippen LogP contribution in [0.4, 0.5) is 5.69 Å². The number of benzene rings is 1. The highest BCUT2D eigenvalue weighted by Gasteiger charge is 2.07. The first-order valence-electron chi connectivity index (χ1n) is 5.41. The standard InChI is InChI=1S/C13H13ClN2O2/c1-18-11-6-2-4-9(12(11)17)8-16-10-5-3-7-15-13(10)14/h2-7,16-17H,8H2,1H3. The number of para-hydroxylation sites is 1. The number of pyridine rings is 1. The van der Waals surface area contributed by atoms with Gasteiger partial charge in [0.25, 0.3) is 0 Å². The van der Waals surface area contributed by atoms with Crippen LogP contribution in [0.5, 0.6) is 11.5 Å². The number of phenolic OH excluding ortho intramolecular Hbond substituents is 1. The van der Waals surface area contributed by atoms with Gasteiger partial charge in [0.05, 0.1) is 12.8 Å². The zero-order valence-corrected chi connectivity index (χ0v) is 10.6. The molecule has 0 atom stereocenters. The Morgan fingerprint density at radius 1 is 1.33 bits per heavy atom. The average Bonchev–Trinajstić information content (AvgIpc) is 2.39. The van der Waals surface area contributed by atoms with Gasteiger partial charge in [0, 0.05) is 18.3 Å². The number of aromatic nitrogens is 1. The molecular weight excluding hydrogens is 252 g/mol. The van der Waals surface area contributed by atoms with Gasteiger partial charge in [0.2, 0.25) is 0 Å². The number of nitrogens with one attached hydrogen (secondary N) is 1. The molecule has 5 heteroatoms. The van der Waals surface area contributed by atoms with E-state index >= 15 is 0 Å². The molecule has 4 nitrogen and oxygen atoms in total. The minimum absolute atomic E-state index is 0.132. The van der Waals surface area contributed by atoms with Crippen LogP contribution in [0.1, 0.15) is 5.56 Å².